The van der Waals surface area contributed by atoms with Crippen molar-refractivity contribution in [2.75, 3.05) is 12.4 Å². The van der Waals surface area contributed by atoms with Crippen molar-refractivity contribution in [3.63, 3.8) is 0 Å². The molecular formula is C15H19NO3. The first-order valence-electron chi connectivity index (χ1n) is 6.46. The Morgan fingerprint density at radius 2 is 1.74 bits per heavy atom. The molecule has 1 aliphatic rings. The van der Waals surface area contributed by atoms with E-state index in [1.54, 1.807) is 0 Å². The molecule has 1 aromatic carbocycles. The number of hydrogen-bond donors (Lipinski definition) is 1. The second-order valence-electron chi connectivity index (χ2n) is 5.26. The van der Waals surface area contributed by atoms with Crippen LogP contribution in [0.25, 0.3) is 0 Å². The number of methoxy groups -OCH3 is 1. The molecule has 1 N–H and O–H groups in total. The average molecular weight is 261 g/mol. The number of anilines is 1. The lowest BCUT2D eigenvalue weighted by molar-refractivity contribution is -0.163. The van der Waals surface area contributed by atoms with Gasteiger partial charge < -0.3 is 10.1 Å². The van der Waals surface area contributed by atoms with Crippen molar-refractivity contribution in [1.82, 2.24) is 0 Å². The second-order valence-corrected chi connectivity index (χ2v) is 5.26. The zero-order chi connectivity index (χ0) is 14.0. The smallest absolute Gasteiger partial charge is 0.321 e. The van der Waals surface area contributed by atoms with Crippen LogP contribution in [0, 0.1) is 19.3 Å². The van der Waals surface area contributed by atoms with Gasteiger partial charge in [-0.3, -0.25) is 9.59 Å². The molecule has 2 rings (SSSR count). The summed E-state index contributed by atoms with van der Waals surface area (Å²) in [6.45, 7) is 3.95. The van der Waals surface area contributed by atoms with Crippen LogP contribution in [0.15, 0.2) is 18.2 Å². The van der Waals surface area contributed by atoms with Crippen molar-refractivity contribution in [2.45, 2.75) is 33.1 Å². The van der Waals surface area contributed by atoms with Gasteiger partial charge in [-0.1, -0.05) is 12.5 Å². The Labute approximate surface area is 113 Å². The van der Waals surface area contributed by atoms with E-state index in [1.807, 2.05) is 32.0 Å². The van der Waals surface area contributed by atoms with Crippen LogP contribution in [-0.2, 0) is 14.3 Å². The van der Waals surface area contributed by atoms with Gasteiger partial charge in [-0.05, 0) is 49.9 Å². The summed E-state index contributed by atoms with van der Waals surface area (Å²) >= 11 is 0. The fourth-order valence-electron chi connectivity index (χ4n) is 2.55. The normalized spacial score (nSPS) is 16.4. The number of nitrogens with one attached hydrogen (secondary N) is 1. The van der Waals surface area contributed by atoms with E-state index in [-0.39, 0.29) is 5.91 Å². The predicted octanol–water partition coefficient (Wildman–Crippen LogP) is 2.59. The van der Waals surface area contributed by atoms with Gasteiger partial charge in [-0.15, -0.1) is 0 Å². The number of hydrogen-bond acceptors (Lipinski definition) is 3. The Morgan fingerprint density at radius 1 is 1.16 bits per heavy atom. The van der Waals surface area contributed by atoms with E-state index in [0.717, 1.165) is 23.2 Å². The number of amides is 1. The van der Waals surface area contributed by atoms with Gasteiger partial charge in [0.2, 0.25) is 5.91 Å². The summed E-state index contributed by atoms with van der Waals surface area (Å²) in [5.41, 5.74) is 1.91. The Kier molecular flexibility index (Phi) is 3.60. The topological polar surface area (TPSA) is 55.4 Å². The van der Waals surface area contributed by atoms with Crippen LogP contribution in [0.2, 0.25) is 0 Å². The van der Waals surface area contributed by atoms with Gasteiger partial charge in [0.1, 0.15) is 5.41 Å². The Hall–Kier alpha value is -1.84. The minimum atomic E-state index is -0.980. The minimum absolute atomic E-state index is 0.254. The quantitative estimate of drug-likeness (QED) is 0.672. The lowest BCUT2D eigenvalue weighted by Crippen LogP contribution is -2.48. The number of benzene rings is 1. The van der Waals surface area contributed by atoms with Crippen molar-refractivity contribution in [2.24, 2.45) is 5.41 Å². The van der Waals surface area contributed by atoms with Crippen molar-refractivity contribution in [3.8, 4) is 0 Å². The molecule has 0 bridgehead atoms. The number of esters is 1. The van der Waals surface area contributed by atoms with E-state index >= 15 is 0 Å². The second kappa shape index (κ2) is 5.03. The third kappa shape index (κ3) is 2.48. The number of carbonyl (C=O) groups is 2. The monoisotopic (exact) mass is 261 g/mol. The standard InChI is InChI=1S/C15H19NO3/c1-10-7-11(2)9-12(8-10)16-13(17)15(5-4-6-15)14(18)19-3/h7-9H,4-6H2,1-3H3,(H,16,17). The van der Waals surface area contributed by atoms with Crippen molar-refractivity contribution >= 4 is 17.6 Å². The molecule has 4 heteroatoms. The fourth-order valence-corrected chi connectivity index (χ4v) is 2.55. The molecule has 102 valence electrons. The molecule has 1 aromatic rings. The number of carbonyl (C=O) groups excluding carboxylic acids is 2. The summed E-state index contributed by atoms with van der Waals surface area (Å²) in [4.78, 5) is 24.1. The molecule has 19 heavy (non-hydrogen) atoms. The van der Waals surface area contributed by atoms with Crippen LogP contribution in [0.3, 0.4) is 0 Å². The first kappa shape index (κ1) is 13.6. The molecule has 0 heterocycles. The molecule has 1 amide bonds. The van der Waals surface area contributed by atoms with Crippen LogP contribution >= 0.6 is 0 Å². The summed E-state index contributed by atoms with van der Waals surface area (Å²) in [5.74, 6) is -0.684. The molecule has 0 unspecified atom stereocenters. The Morgan fingerprint density at radius 3 is 2.16 bits per heavy atom. The zero-order valence-corrected chi connectivity index (χ0v) is 11.6. The van der Waals surface area contributed by atoms with E-state index in [9.17, 15) is 9.59 Å². The number of ether oxygens (including phenoxy) is 1. The van der Waals surface area contributed by atoms with Crippen LogP contribution in [0.1, 0.15) is 30.4 Å². The van der Waals surface area contributed by atoms with Crippen molar-refractivity contribution in [1.29, 1.82) is 0 Å². The van der Waals surface area contributed by atoms with E-state index in [1.165, 1.54) is 7.11 Å². The minimum Gasteiger partial charge on any atom is -0.468 e. The third-order valence-corrected chi connectivity index (χ3v) is 3.70. The molecule has 0 radical (unpaired) electrons. The number of aryl methyl sites for hydroxylation is 2. The van der Waals surface area contributed by atoms with E-state index in [0.29, 0.717) is 12.8 Å². The highest BCUT2D eigenvalue weighted by atomic mass is 16.5. The molecule has 1 fully saturated rings. The lowest BCUT2D eigenvalue weighted by atomic mass is 9.68. The fraction of sp³-hybridized carbons (Fsp3) is 0.467. The summed E-state index contributed by atoms with van der Waals surface area (Å²) in [6.07, 6.45) is 2.02. The third-order valence-electron chi connectivity index (χ3n) is 3.70. The maximum absolute atomic E-state index is 12.3. The summed E-state index contributed by atoms with van der Waals surface area (Å²) in [5, 5.41) is 2.84. The van der Waals surface area contributed by atoms with E-state index in [4.69, 9.17) is 4.74 Å². The van der Waals surface area contributed by atoms with Gasteiger partial charge >= 0.3 is 5.97 Å². The maximum Gasteiger partial charge on any atom is 0.321 e. The molecule has 0 spiro atoms. The molecule has 0 aromatic heterocycles. The molecule has 0 atom stereocenters. The lowest BCUT2D eigenvalue weighted by Gasteiger charge is -2.37. The molecule has 1 saturated carbocycles. The van der Waals surface area contributed by atoms with Gasteiger partial charge in [0.05, 0.1) is 7.11 Å². The zero-order valence-electron chi connectivity index (χ0n) is 11.6. The van der Waals surface area contributed by atoms with Crippen LogP contribution in [0.4, 0.5) is 5.69 Å². The largest absolute Gasteiger partial charge is 0.468 e. The van der Waals surface area contributed by atoms with Crippen LogP contribution in [-0.4, -0.2) is 19.0 Å². The SMILES string of the molecule is COC(=O)C1(C(=O)Nc2cc(C)cc(C)c2)CCC1. The van der Waals surface area contributed by atoms with E-state index < -0.39 is 11.4 Å². The van der Waals surface area contributed by atoms with Gasteiger partial charge in [0, 0.05) is 5.69 Å². The van der Waals surface area contributed by atoms with Crippen LogP contribution in [0.5, 0.6) is 0 Å². The van der Waals surface area contributed by atoms with Crippen LogP contribution < -0.4 is 5.32 Å². The first-order valence-corrected chi connectivity index (χ1v) is 6.46. The highest BCUT2D eigenvalue weighted by Gasteiger charge is 2.52. The molecule has 1 aliphatic carbocycles. The highest BCUT2D eigenvalue weighted by molar-refractivity contribution is 6.09. The molecule has 0 saturated heterocycles. The van der Waals surface area contributed by atoms with Gasteiger partial charge in [0.15, 0.2) is 0 Å². The first-order chi connectivity index (χ1) is 8.98. The van der Waals surface area contributed by atoms with Crippen molar-refractivity contribution < 1.29 is 14.3 Å². The van der Waals surface area contributed by atoms with E-state index in [2.05, 4.69) is 5.32 Å². The predicted molar refractivity (Wildman–Crippen MR) is 72.8 cm³/mol. The summed E-state index contributed by atoms with van der Waals surface area (Å²) < 4.78 is 4.76. The van der Waals surface area contributed by atoms with Gasteiger partial charge in [-0.25, -0.2) is 0 Å². The molecular weight excluding hydrogens is 242 g/mol. The van der Waals surface area contributed by atoms with Gasteiger partial charge in [0.25, 0.3) is 0 Å². The Balaban J connectivity index is 2.18. The average Bonchev–Trinajstić information content (AvgIpc) is 2.25. The maximum atomic E-state index is 12.3. The number of rotatable bonds is 3. The van der Waals surface area contributed by atoms with Gasteiger partial charge in [-0.2, -0.15) is 0 Å². The highest BCUT2D eigenvalue weighted by Crippen LogP contribution is 2.43. The summed E-state index contributed by atoms with van der Waals surface area (Å²) in [6, 6.07) is 5.83. The van der Waals surface area contributed by atoms with Crippen molar-refractivity contribution in [3.05, 3.63) is 29.3 Å². The summed E-state index contributed by atoms with van der Waals surface area (Å²) in [7, 11) is 1.33. The molecule has 4 nitrogen and oxygen atoms in total. The Bertz CT molecular complexity index is 498. The molecule has 0 aliphatic heterocycles.